The fourth-order valence-corrected chi connectivity index (χ4v) is 5.80. The number of imidazole rings is 1. The number of piperidine rings is 1. The summed E-state index contributed by atoms with van der Waals surface area (Å²) in [6, 6.07) is 7.01. The van der Waals surface area contributed by atoms with Crippen molar-refractivity contribution in [3.8, 4) is 0 Å². The Balaban J connectivity index is 1.29. The summed E-state index contributed by atoms with van der Waals surface area (Å²) in [5, 5.41) is 9.60. The summed E-state index contributed by atoms with van der Waals surface area (Å²) in [7, 11) is 0. The lowest BCUT2D eigenvalue weighted by Crippen LogP contribution is -2.53. The highest BCUT2D eigenvalue weighted by molar-refractivity contribution is 6.31. The highest BCUT2D eigenvalue weighted by Gasteiger charge is 2.49. The van der Waals surface area contributed by atoms with Crippen LogP contribution in [0.5, 0.6) is 0 Å². The van der Waals surface area contributed by atoms with Crippen LogP contribution in [0.2, 0.25) is 5.02 Å². The second-order valence-electron chi connectivity index (χ2n) is 9.76. The number of aromatic amines is 2. The average molecular weight is 538 g/mol. The number of fused-ring (bicyclic) bond motifs is 3. The van der Waals surface area contributed by atoms with Crippen molar-refractivity contribution in [2.24, 2.45) is 0 Å². The van der Waals surface area contributed by atoms with Crippen molar-refractivity contribution in [2.75, 3.05) is 18.4 Å². The number of carbonyl (C=O) groups excluding carboxylic acids is 2. The fraction of sp³-hybridized carbons (Fsp3) is 0.346. The highest BCUT2D eigenvalue weighted by Crippen LogP contribution is 2.45. The zero-order valence-corrected chi connectivity index (χ0v) is 21.5. The van der Waals surface area contributed by atoms with Gasteiger partial charge in [0, 0.05) is 12.5 Å². The quantitative estimate of drug-likeness (QED) is 0.335. The van der Waals surface area contributed by atoms with Crippen LogP contribution in [0.4, 0.5) is 14.9 Å². The van der Waals surface area contributed by atoms with Gasteiger partial charge in [-0.3, -0.25) is 15.2 Å². The molecule has 1 saturated heterocycles. The van der Waals surface area contributed by atoms with Crippen molar-refractivity contribution >= 4 is 40.3 Å². The molecule has 0 radical (unpaired) electrons. The summed E-state index contributed by atoms with van der Waals surface area (Å²) in [4.78, 5) is 39.4. The molecule has 38 heavy (non-hydrogen) atoms. The molecule has 1 fully saturated rings. The van der Waals surface area contributed by atoms with Crippen molar-refractivity contribution in [1.82, 2.24) is 30.0 Å². The summed E-state index contributed by atoms with van der Waals surface area (Å²) in [5.41, 5.74) is 2.96. The Morgan fingerprint density at radius 3 is 3.00 bits per heavy atom. The molecule has 2 atom stereocenters. The van der Waals surface area contributed by atoms with Crippen molar-refractivity contribution in [1.29, 1.82) is 0 Å². The summed E-state index contributed by atoms with van der Waals surface area (Å²) < 4.78 is 20.8. The van der Waals surface area contributed by atoms with E-state index in [0.717, 1.165) is 28.6 Å². The number of hydrogen-bond donors (Lipinski definition) is 3. The normalized spacial score (nSPS) is 19.8. The Kier molecular flexibility index (Phi) is 5.82. The Bertz CT molecular complexity index is 1580. The number of hydrogen-bond acceptors (Lipinski definition) is 6. The molecule has 2 aromatic carbocycles. The lowest BCUT2D eigenvalue weighted by Gasteiger charge is -2.44. The molecular formula is C26H25ClFN7O3. The van der Waals surface area contributed by atoms with E-state index in [2.05, 4.69) is 36.5 Å². The molecule has 0 bridgehead atoms. The minimum absolute atomic E-state index is 0.0353. The number of rotatable bonds is 4. The number of benzene rings is 2. The molecule has 0 unspecified atom stereocenters. The van der Waals surface area contributed by atoms with Crippen LogP contribution in [-0.4, -0.2) is 55.1 Å². The van der Waals surface area contributed by atoms with E-state index in [1.54, 1.807) is 12.4 Å². The molecule has 2 amide bonds. The van der Waals surface area contributed by atoms with Gasteiger partial charge in [-0.05, 0) is 55.5 Å². The Morgan fingerprint density at radius 2 is 2.18 bits per heavy atom. The first-order chi connectivity index (χ1) is 18.3. The largest absolute Gasteiger partial charge is 0.436 e. The smallest absolute Gasteiger partial charge is 0.412 e. The number of nitrogens with zero attached hydrogens (tertiary/aromatic N) is 4. The van der Waals surface area contributed by atoms with Crippen molar-refractivity contribution in [3.63, 3.8) is 0 Å². The molecular weight excluding hydrogens is 513 g/mol. The van der Waals surface area contributed by atoms with Crippen molar-refractivity contribution in [3.05, 3.63) is 69.8 Å². The number of ether oxygens (including phenoxy) is 1. The second kappa shape index (κ2) is 9.09. The van der Waals surface area contributed by atoms with E-state index < -0.39 is 23.4 Å². The minimum atomic E-state index is -1.35. The summed E-state index contributed by atoms with van der Waals surface area (Å²) in [6.45, 7) is 4.39. The summed E-state index contributed by atoms with van der Waals surface area (Å²) >= 11 is 6.06. The molecule has 3 N–H and O–H groups in total. The summed E-state index contributed by atoms with van der Waals surface area (Å²) in [6.07, 6.45) is 2.52. The number of aromatic nitrogens is 5. The van der Waals surface area contributed by atoms with Gasteiger partial charge in [0.1, 0.15) is 0 Å². The van der Waals surface area contributed by atoms with Crippen LogP contribution in [0.3, 0.4) is 0 Å². The maximum absolute atomic E-state index is 15.2. The Hall–Kier alpha value is -3.99. The van der Waals surface area contributed by atoms with Gasteiger partial charge in [0.25, 0.3) is 5.91 Å². The van der Waals surface area contributed by atoms with Gasteiger partial charge in [0.15, 0.2) is 17.2 Å². The average Bonchev–Trinajstić information content (AvgIpc) is 3.57. The number of carbonyl (C=O) groups is 2. The van der Waals surface area contributed by atoms with Crippen LogP contribution in [0, 0.1) is 12.7 Å². The first-order valence-electron chi connectivity index (χ1n) is 12.4. The molecule has 1 spiro atoms. The first-order valence-corrected chi connectivity index (χ1v) is 12.8. The first kappa shape index (κ1) is 24.4. The number of aryl methyl sites for hydroxylation is 1. The third-order valence-electron chi connectivity index (χ3n) is 7.38. The molecule has 0 saturated carbocycles. The Morgan fingerprint density at radius 1 is 1.34 bits per heavy atom. The predicted molar refractivity (Wildman–Crippen MR) is 138 cm³/mol. The molecule has 2 aromatic heterocycles. The number of halogens is 2. The summed E-state index contributed by atoms with van der Waals surface area (Å²) in [5.74, 6) is -0.647. The van der Waals surface area contributed by atoms with E-state index in [4.69, 9.17) is 16.3 Å². The topological polar surface area (TPSA) is 129 Å². The van der Waals surface area contributed by atoms with Crippen molar-refractivity contribution < 1.29 is 18.7 Å². The lowest BCUT2D eigenvalue weighted by atomic mass is 9.83. The molecule has 4 heterocycles. The van der Waals surface area contributed by atoms with Gasteiger partial charge in [-0.25, -0.2) is 19.2 Å². The van der Waals surface area contributed by atoms with Gasteiger partial charge < -0.3 is 14.6 Å². The third-order valence-corrected chi connectivity index (χ3v) is 7.67. The van der Waals surface area contributed by atoms with E-state index >= 15 is 4.39 Å². The van der Waals surface area contributed by atoms with E-state index in [0.29, 0.717) is 25.2 Å². The van der Waals surface area contributed by atoms with Gasteiger partial charge in [-0.1, -0.05) is 24.6 Å². The van der Waals surface area contributed by atoms with Crippen LogP contribution in [0.25, 0.3) is 11.0 Å². The third kappa shape index (κ3) is 3.89. The van der Waals surface area contributed by atoms with E-state index in [1.165, 1.54) is 11.0 Å². The van der Waals surface area contributed by atoms with Gasteiger partial charge in [0.2, 0.25) is 5.82 Å². The molecule has 4 aromatic rings. The van der Waals surface area contributed by atoms with E-state index in [-0.39, 0.29) is 34.6 Å². The second-order valence-corrected chi connectivity index (χ2v) is 10.2. The van der Waals surface area contributed by atoms with Gasteiger partial charge in [-0.15, -0.1) is 0 Å². The SMILES string of the molecule is CC[C@@H](c1cc(C)c2nc[nH]c2c1)c1n[nH]c(C(=O)N2CCC[C@@]3(C2)OC(=O)Nc2ccc(Cl)c(F)c23)n1. The van der Waals surface area contributed by atoms with E-state index in [9.17, 15) is 9.59 Å². The van der Waals surface area contributed by atoms with Crippen LogP contribution >= 0.6 is 11.6 Å². The fourth-order valence-electron chi connectivity index (χ4n) is 5.65. The minimum Gasteiger partial charge on any atom is -0.436 e. The van der Waals surface area contributed by atoms with E-state index in [1.807, 2.05) is 19.9 Å². The predicted octanol–water partition coefficient (Wildman–Crippen LogP) is 5.02. The van der Waals surface area contributed by atoms with Gasteiger partial charge >= 0.3 is 6.09 Å². The number of nitrogens with one attached hydrogen (secondary N) is 3. The lowest BCUT2D eigenvalue weighted by molar-refractivity contribution is -0.0420. The number of anilines is 1. The molecule has 2 aliphatic rings. The molecule has 2 aliphatic heterocycles. The zero-order chi connectivity index (χ0) is 26.6. The monoisotopic (exact) mass is 537 g/mol. The van der Waals surface area contributed by atoms with Crippen LogP contribution < -0.4 is 5.32 Å². The van der Waals surface area contributed by atoms with Crippen LogP contribution in [0.1, 0.15) is 65.2 Å². The standard InChI is InChI=1S/C26H25ClFN7O3/c1-3-15(14-9-13(2)21-18(10-14)29-12-30-21)22-32-23(34-33-22)24(36)35-8-4-7-26(11-35)19-17(31-25(37)38-26)6-5-16(27)20(19)28/h5-6,9-10,12,15H,3-4,7-8,11H2,1-2H3,(H,29,30)(H,31,37)(H,32,33,34)/t15-,26-/m0/s1. The number of H-pyrrole nitrogens is 2. The van der Waals surface area contributed by atoms with Gasteiger partial charge in [-0.2, -0.15) is 5.10 Å². The van der Waals surface area contributed by atoms with Gasteiger partial charge in [0.05, 0.1) is 40.2 Å². The number of likely N-dealkylation sites (tertiary alicyclic amines) is 1. The molecule has 12 heteroatoms. The van der Waals surface area contributed by atoms with Crippen LogP contribution in [0.15, 0.2) is 30.6 Å². The Labute approximate surface area is 221 Å². The molecule has 0 aliphatic carbocycles. The highest BCUT2D eigenvalue weighted by atomic mass is 35.5. The zero-order valence-electron chi connectivity index (χ0n) is 20.8. The van der Waals surface area contributed by atoms with Crippen molar-refractivity contribution in [2.45, 2.75) is 44.6 Å². The molecule has 6 rings (SSSR count). The maximum atomic E-state index is 15.2. The maximum Gasteiger partial charge on any atom is 0.412 e. The molecule has 196 valence electrons. The molecule has 10 nitrogen and oxygen atoms in total. The van der Waals surface area contributed by atoms with Crippen LogP contribution in [-0.2, 0) is 10.3 Å². The number of amides is 2.